The molecule has 0 atom stereocenters. The minimum absolute atomic E-state index is 0.0451. The average molecular weight is 271 g/mol. The van der Waals surface area contributed by atoms with Gasteiger partial charge in [0.1, 0.15) is 0 Å². The molecule has 0 spiro atoms. The molecule has 6 heteroatoms. The molecule has 0 amide bonds. The van der Waals surface area contributed by atoms with Crippen molar-refractivity contribution in [3.8, 4) is 0 Å². The molecule has 0 fully saturated rings. The van der Waals surface area contributed by atoms with Crippen LogP contribution >= 0.6 is 0 Å². The highest BCUT2D eigenvalue weighted by molar-refractivity contribution is 5.94. The monoisotopic (exact) mass is 271 g/mol. The lowest BCUT2D eigenvalue weighted by Crippen LogP contribution is -2.13. The number of Topliss-reactive ketones (excluding diaryl/α,β-unsaturated/α-hetero) is 1. The summed E-state index contributed by atoms with van der Waals surface area (Å²) in [4.78, 5) is 15.5. The summed E-state index contributed by atoms with van der Waals surface area (Å²) in [6.45, 7) is 5.55. The summed E-state index contributed by atoms with van der Waals surface area (Å²) < 4.78 is 0. The van der Waals surface area contributed by atoms with E-state index >= 15 is 0 Å². The zero-order valence-corrected chi connectivity index (χ0v) is 11.7. The molecule has 0 aliphatic heterocycles. The first-order chi connectivity index (χ1) is 9.54. The zero-order valence-electron chi connectivity index (χ0n) is 11.7. The Balaban J connectivity index is 2.11. The van der Waals surface area contributed by atoms with E-state index in [0.717, 1.165) is 5.69 Å². The van der Waals surface area contributed by atoms with Crippen molar-refractivity contribution in [2.24, 2.45) is 0 Å². The summed E-state index contributed by atoms with van der Waals surface area (Å²) in [7, 11) is 0. The minimum Gasteiger partial charge on any atom is -0.351 e. The maximum atomic E-state index is 11.2. The lowest BCUT2D eigenvalue weighted by molar-refractivity contribution is 0.101. The predicted molar refractivity (Wildman–Crippen MR) is 78.3 cm³/mol. The lowest BCUT2D eigenvalue weighted by atomic mass is 10.1. The molecule has 0 aliphatic carbocycles. The highest BCUT2D eigenvalue weighted by Gasteiger charge is 2.03. The summed E-state index contributed by atoms with van der Waals surface area (Å²) in [5.74, 6) is 1.12. The molecule has 0 bridgehead atoms. The molecule has 0 unspecified atom stereocenters. The van der Waals surface area contributed by atoms with Gasteiger partial charge in [-0.25, -0.2) is 0 Å². The van der Waals surface area contributed by atoms with Crippen molar-refractivity contribution < 1.29 is 4.79 Å². The van der Waals surface area contributed by atoms with Gasteiger partial charge in [-0.2, -0.15) is 10.1 Å². The molecule has 2 rings (SSSR count). The normalized spacial score (nSPS) is 10.4. The highest BCUT2D eigenvalue weighted by Crippen LogP contribution is 2.15. The molecule has 6 nitrogen and oxygen atoms in total. The van der Waals surface area contributed by atoms with Gasteiger partial charge in [-0.1, -0.05) is 0 Å². The van der Waals surface area contributed by atoms with E-state index in [1.54, 1.807) is 25.3 Å². The van der Waals surface area contributed by atoms with E-state index < -0.39 is 0 Å². The number of carbonyl (C=O) groups excluding carboxylic acids is 1. The molecular weight excluding hydrogens is 254 g/mol. The maximum Gasteiger partial charge on any atom is 0.244 e. The first kappa shape index (κ1) is 13.9. The minimum atomic E-state index is 0.0451. The number of rotatable bonds is 5. The number of hydrogen-bond donors (Lipinski definition) is 2. The molecule has 0 radical (unpaired) electrons. The molecule has 20 heavy (non-hydrogen) atoms. The van der Waals surface area contributed by atoms with Crippen LogP contribution in [-0.4, -0.2) is 27.0 Å². The van der Waals surface area contributed by atoms with Crippen LogP contribution in [0.25, 0.3) is 0 Å². The third-order valence-corrected chi connectivity index (χ3v) is 2.54. The van der Waals surface area contributed by atoms with Crippen LogP contribution in [-0.2, 0) is 0 Å². The lowest BCUT2D eigenvalue weighted by Gasteiger charge is -2.09. The number of benzene rings is 1. The van der Waals surface area contributed by atoms with E-state index in [1.807, 2.05) is 26.0 Å². The van der Waals surface area contributed by atoms with Crippen molar-refractivity contribution in [1.29, 1.82) is 0 Å². The van der Waals surface area contributed by atoms with Crippen LogP contribution < -0.4 is 10.6 Å². The van der Waals surface area contributed by atoms with Crippen molar-refractivity contribution in [2.75, 3.05) is 10.6 Å². The Bertz CT molecular complexity index is 595. The third kappa shape index (κ3) is 3.74. The second kappa shape index (κ2) is 6.10. The topological polar surface area (TPSA) is 79.8 Å². The molecule has 104 valence electrons. The van der Waals surface area contributed by atoms with E-state index in [-0.39, 0.29) is 11.8 Å². The van der Waals surface area contributed by atoms with Crippen LogP contribution in [0.5, 0.6) is 0 Å². The molecule has 0 aliphatic rings. The van der Waals surface area contributed by atoms with Crippen LogP contribution in [0.3, 0.4) is 0 Å². The Labute approximate surface area is 117 Å². The molecule has 2 N–H and O–H groups in total. The number of ketones is 1. The Morgan fingerprint density at radius 1 is 1.20 bits per heavy atom. The zero-order chi connectivity index (χ0) is 14.5. The number of hydrogen-bond acceptors (Lipinski definition) is 6. The first-order valence-electron chi connectivity index (χ1n) is 6.39. The van der Waals surface area contributed by atoms with Crippen molar-refractivity contribution >= 4 is 23.2 Å². The van der Waals surface area contributed by atoms with Gasteiger partial charge in [-0.15, -0.1) is 5.10 Å². The molecule has 1 heterocycles. The van der Waals surface area contributed by atoms with Crippen LogP contribution in [0.1, 0.15) is 31.1 Å². The van der Waals surface area contributed by atoms with Crippen LogP contribution in [0, 0.1) is 0 Å². The molecule has 1 aromatic heterocycles. The fraction of sp³-hybridized carbons (Fsp3) is 0.286. The molecule has 2 aromatic rings. The number of nitrogens with one attached hydrogen (secondary N) is 2. The quantitative estimate of drug-likeness (QED) is 0.814. The fourth-order valence-corrected chi connectivity index (χ4v) is 1.62. The van der Waals surface area contributed by atoms with Crippen LogP contribution in [0.4, 0.5) is 17.5 Å². The molecule has 1 aromatic carbocycles. The Morgan fingerprint density at radius 2 is 1.90 bits per heavy atom. The van der Waals surface area contributed by atoms with Crippen molar-refractivity contribution in [2.45, 2.75) is 26.8 Å². The van der Waals surface area contributed by atoms with E-state index in [4.69, 9.17) is 0 Å². The molecular formula is C14H17N5O. The van der Waals surface area contributed by atoms with Gasteiger partial charge in [0.2, 0.25) is 5.95 Å². The maximum absolute atomic E-state index is 11.2. The van der Waals surface area contributed by atoms with E-state index in [2.05, 4.69) is 25.8 Å². The Kier molecular flexibility index (Phi) is 4.24. The van der Waals surface area contributed by atoms with Gasteiger partial charge in [0.25, 0.3) is 0 Å². The largest absolute Gasteiger partial charge is 0.351 e. The standard InChI is InChI=1S/C14H17N5O/c1-9(2)16-14-18-13(8-15-19-14)17-12-6-4-11(5-7-12)10(3)20/h4-9H,1-3H3,(H2,16,17,18,19). The number of nitrogens with zero attached hydrogens (tertiary/aromatic N) is 3. The molecule has 0 saturated carbocycles. The highest BCUT2D eigenvalue weighted by atomic mass is 16.1. The van der Waals surface area contributed by atoms with Gasteiger partial charge < -0.3 is 10.6 Å². The number of anilines is 3. The van der Waals surface area contributed by atoms with E-state index in [0.29, 0.717) is 17.3 Å². The first-order valence-corrected chi connectivity index (χ1v) is 6.39. The third-order valence-electron chi connectivity index (χ3n) is 2.54. The van der Waals surface area contributed by atoms with Gasteiger partial charge in [0.05, 0.1) is 6.20 Å². The second-order valence-corrected chi connectivity index (χ2v) is 4.72. The van der Waals surface area contributed by atoms with Gasteiger partial charge in [0, 0.05) is 17.3 Å². The van der Waals surface area contributed by atoms with Crippen molar-refractivity contribution in [1.82, 2.24) is 15.2 Å². The van der Waals surface area contributed by atoms with E-state index in [1.165, 1.54) is 0 Å². The fourth-order valence-electron chi connectivity index (χ4n) is 1.62. The van der Waals surface area contributed by atoms with E-state index in [9.17, 15) is 4.79 Å². The summed E-state index contributed by atoms with van der Waals surface area (Å²) in [5.41, 5.74) is 1.52. The predicted octanol–water partition coefficient (Wildman–Crippen LogP) is 2.64. The van der Waals surface area contributed by atoms with Gasteiger partial charge in [0.15, 0.2) is 11.6 Å². The van der Waals surface area contributed by atoms with Crippen molar-refractivity contribution in [3.05, 3.63) is 36.0 Å². The van der Waals surface area contributed by atoms with Gasteiger partial charge in [-0.3, -0.25) is 4.79 Å². The van der Waals surface area contributed by atoms with Crippen LogP contribution in [0.2, 0.25) is 0 Å². The summed E-state index contributed by atoms with van der Waals surface area (Å²) in [5, 5.41) is 14.0. The smallest absolute Gasteiger partial charge is 0.244 e. The SMILES string of the molecule is CC(=O)c1ccc(Nc2cnnc(NC(C)C)n2)cc1. The summed E-state index contributed by atoms with van der Waals surface area (Å²) in [6, 6.07) is 7.43. The summed E-state index contributed by atoms with van der Waals surface area (Å²) in [6.07, 6.45) is 1.55. The van der Waals surface area contributed by atoms with Crippen LogP contribution in [0.15, 0.2) is 30.5 Å². The van der Waals surface area contributed by atoms with Gasteiger partial charge in [-0.05, 0) is 45.0 Å². The Morgan fingerprint density at radius 3 is 2.50 bits per heavy atom. The summed E-state index contributed by atoms with van der Waals surface area (Å²) >= 11 is 0. The van der Waals surface area contributed by atoms with Crippen molar-refractivity contribution in [3.63, 3.8) is 0 Å². The Hall–Kier alpha value is -2.50. The van der Waals surface area contributed by atoms with Gasteiger partial charge >= 0.3 is 0 Å². The number of aromatic nitrogens is 3. The average Bonchev–Trinajstić information content (AvgIpc) is 2.39. The second-order valence-electron chi connectivity index (χ2n) is 4.72. The number of carbonyl (C=O) groups is 1. The molecule has 0 saturated heterocycles.